The molecule has 0 amide bonds. The molecule has 0 aromatic carbocycles. The third-order valence-electron chi connectivity index (χ3n) is 4.82. The maximum atomic E-state index is 3.49. The molecule has 2 saturated heterocycles. The normalized spacial score (nSPS) is 32.2. The second kappa shape index (κ2) is 6.88. The van der Waals surface area contributed by atoms with Gasteiger partial charge in [-0.05, 0) is 39.8 Å². The van der Waals surface area contributed by atoms with Crippen LogP contribution in [0.3, 0.4) is 0 Å². The van der Waals surface area contributed by atoms with Crippen molar-refractivity contribution in [3.63, 3.8) is 0 Å². The fourth-order valence-electron chi connectivity index (χ4n) is 3.63. The first kappa shape index (κ1) is 14.3. The Kier molecular flexibility index (Phi) is 5.46. The van der Waals surface area contributed by atoms with Gasteiger partial charge in [-0.15, -0.1) is 0 Å². The van der Waals surface area contributed by atoms with Crippen LogP contribution in [0.15, 0.2) is 0 Å². The molecule has 0 aromatic heterocycles. The van der Waals surface area contributed by atoms with Crippen molar-refractivity contribution in [2.24, 2.45) is 0 Å². The highest BCUT2D eigenvalue weighted by molar-refractivity contribution is 4.90. The molecule has 0 saturated carbocycles. The largest absolute Gasteiger partial charge is 0.316 e. The van der Waals surface area contributed by atoms with Gasteiger partial charge in [0.15, 0.2) is 0 Å². The molecule has 1 N–H and O–H groups in total. The summed E-state index contributed by atoms with van der Waals surface area (Å²) in [6.07, 6.45) is 6.85. The lowest BCUT2D eigenvalue weighted by atomic mass is 9.96. The second-order valence-corrected chi connectivity index (χ2v) is 6.22. The maximum Gasteiger partial charge on any atom is 0.0223 e. The van der Waals surface area contributed by atoms with E-state index >= 15 is 0 Å². The van der Waals surface area contributed by atoms with Gasteiger partial charge in [0, 0.05) is 37.8 Å². The molecular weight excluding hydrogens is 222 g/mol. The zero-order chi connectivity index (χ0) is 13.0. The number of likely N-dealkylation sites (N-methyl/N-ethyl adjacent to an activating group) is 1. The van der Waals surface area contributed by atoms with E-state index < -0.39 is 0 Å². The summed E-state index contributed by atoms with van der Waals surface area (Å²) in [5.74, 6) is 0. The Labute approximate surface area is 113 Å². The minimum absolute atomic E-state index is 0.674. The summed E-state index contributed by atoms with van der Waals surface area (Å²) in [5, 5.41) is 3.49. The van der Waals surface area contributed by atoms with Crippen molar-refractivity contribution in [2.75, 3.05) is 33.2 Å². The second-order valence-electron chi connectivity index (χ2n) is 6.22. The first-order valence-corrected chi connectivity index (χ1v) is 7.90. The molecule has 2 heterocycles. The number of hydrogen-bond acceptors (Lipinski definition) is 3. The van der Waals surface area contributed by atoms with E-state index in [1.807, 2.05) is 0 Å². The minimum atomic E-state index is 0.674. The number of piperazine rings is 1. The van der Waals surface area contributed by atoms with Gasteiger partial charge in [0.1, 0.15) is 0 Å². The van der Waals surface area contributed by atoms with Crippen molar-refractivity contribution in [3.05, 3.63) is 0 Å². The van der Waals surface area contributed by atoms with Gasteiger partial charge >= 0.3 is 0 Å². The number of nitrogens with one attached hydrogen (secondary N) is 1. The number of piperidine rings is 1. The van der Waals surface area contributed by atoms with E-state index in [-0.39, 0.29) is 0 Å². The van der Waals surface area contributed by atoms with E-state index in [1.165, 1.54) is 58.3 Å². The van der Waals surface area contributed by atoms with Crippen LogP contribution < -0.4 is 5.32 Å². The van der Waals surface area contributed by atoms with Gasteiger partial charge in [0.05, 0.1) is 0 Å². The molecule has 0 aromatic rings. The highest BCUT2D eigenvalue weighted by Gasteiger charge is 2.33. The standard InChI is InChI=1S/C15H31N3/c1-4-7-14(16-3)11-18-12-15-8-5-6-9-17(15)10-13(18)2/h13-16H,4-12H2,1-3H3. The maximum absolute atomic E-state index is 3.49. The Balaban J connectivity index is 1.88. The molecule has 2 rings (SSSR count). The van der Waals surface area contributed by atoms with E-state index in [0.717, 1.165) is 12.1 Å². The van der Waals surface area contributed by atoms with Gasteiger partial charge in [-0.25, -0.2) is 0 Å². The van der Waals surface area contributed by atoms with Gasteiger partial charge in [0.2, 0.25) is 0 Å². The smallest absolute Gasteiger partial charge is 0.0223 e. The van der Waals surface area contributed by atoms with Crippen LogP contribution in [0.5, 0.6) is 0 Å². The van der Waals surface area contributed by atoms with Gasteiger partial charge in [0.25, 0.3) is 0 Å². The molecule has 3 unspecified atom stereocenters. The molecule has 3 atom stereocenters. The molecule has 18 heavy (non-hydrogen) atoms. The predicted octanol–water partition coefficient (Wildman–Crippen LogP) is 1.93. The number of rotatable bonds is 5. The van der Waals surface area contributed by atoms with Crippen LogP contribution in [0.2, 0.25) is 0 Å². The van der Waals surface area contributed by atoms with E-state index in [2.05, 4.69) is 36.0 Å². The van der Waals surface area contributed by atoms with Crippen molar-refractivity contribution in [1.29, 1.82) is 0 Å². The SMILES string of the molecule is CCCC(CN1CC2CCCCN2CC1C)NC. The van der Waals surface area contributed by atoms with E-state index in [1.54, 1.807) is 0 Å². The topological polar surface area (TPSA) is 18.5 Å². The Morgan fingerprint density at radius 2 is 2.11 bits per heavy atom. The lowest BCUT2D eigenvalue weighted by Crippen LogP contribution is -2.60. The number of hydrogen-bond donors (Lipinski definition) is 1. The van der Waals surface area contributed by atoms with Gasteiger partial charge < -0.3 is 5.32 Å². The van der Waals surface area contributed by atoms with Gasteiger partial charge in [-0.3, -0.25) is 9.80 Å². The molecule has 3 heteroatoms. The van der Waals surface area contributed by atoms with Crippen LogP contribution >= 0.6 is 0 Å². The van der Waals surface area contributed by atoms with Crippen LogP contribution in [-0.2, 0) is 0 Å². The fraction of sp³-hybridized carbons (Fsp3) is 1.00. The third kappa shape index (κ3) is 3.46. The van der Waals surface area contributed by atoms with Crippen molar-refractivity contribution in [1.82, 2.24) is 15.1 Å². The molecule has 3 nitrogen and oxygen atoms in total. The van der Waals surface area contributed by atoms with Crippen LogP contribution in [0.25, 0.3) is 0 Å². The molecule has 2 aliphatic rings. The molecule has 2 fully saturated rings. The van der Waals surface area contributed by atoms with Crippen LogP contribution in [0.1, 0.15) is 46.0 Å². The van der Waals surface area contributed by atoms with Crippen molar-refractivity contribution < 1.29 is 0 Å². The Hall–Kier alpha value is -0.120. The highest BCUT2D eigenvalue weighted by Crippen LogP contribution is 2.24. The summed E-state index contributed by atoms with van der Waals surface area (Å²) in [5.41, 5.74) is 0. The first-order valence-electron chi connectivity index (χ1n) is 7.90. The average Bonchev–Trinajstić information content (AvgIpc) is 2.39. The Morgan fingerprint density at radius 3 is 2.83 bits per heavy atom. The number of fused-ring (bicyclic) bond motifs is 1. The number of nitrogens with zero attached hydrogens (tertiary/aromatic N) is 2. The summed E-state index contributed by atoms with van der Waals surface area (Å²) in [7, 11) is 2.11. The lowest BCUT2D eigenvalue weighted by molar-refractivity contribution is 0.0107. The molecule has 2 aliphatic heterocycles. The molecular formula is C15H31N3. The van der Waals surface area contributed by atoms with E-state index in [4.69, 9.17) is 0 Å². The lowest BCUT2D eigenvalue weighted by Gasteiger charge is -2.48. The predicted molar refractivity (Wildman–Crippen MR) is 78.0 cm³/mol. The summed E-state index contributed by atoms with van der Waals surface area (Å²) < 4.78 is 0. The van der Waals surface area contributed by atoms with Gasteiger partial charge in [-0.2, -0.15) is 0 Å². The Morgan fingerprint density at radius 1 is 1.28 bits per heavy atom. The molecule has 0 bridgehead atoms. The summed E-state index contributed by atoms with van der Waals surface area (Å²) in [6.45, 7) is 9.84. The molecule has 0 aliphatic carbocycles. The Bertz CT molecular complexity index is 242. The molecule has 106 valence electrons. The monoisotopic (exact) mass is 253 g/mol. The van der Waals surface area contributed by atoms with Crippen LogP contribution in [0, 0.1) is 0 Å². The third-order valence-corrected chi connectivity index (χ3v) is 4.82. The molecule has 0 spiro atoms. The summed E-state index contributed by atoms with van der Waals surface area (Å²) in [6, 6.07) is 2.24. The van der Waals surface area contributed by atoms with Crippen molar-refractivity contribution in [3.8, 4) is 0 Å². The average molecular weight is 253 g/mol. The van der Waals surface area contributed by atoms with Gasteiger partial charge in [-0.1, -0.05) is 19.8 Å². The zero-order valence-electron chi connectivity index (χ0n) is 12.5. The highest BCUT2D eigenvalue weighted by atomic mass is 15.3. The van der Waals surface area contributed by atoms with Crippen molar-refractivity contribution >= 4 is 0 Å². The van der Waals surface area contributed by atoms with Crippen LogP contribution in [0.4, 0.5) is 0 Å². The fourth-order valence-corrected chi connectivity index (χ4v) is 3.63. The van der Waals surface area contributed by atoms with Crippen molar-refractivity contribution in [2.45, 2.75) is 64.1 Å². The zero-order valence-corrected chi connectivity index (χ0v) is 12.5. The van der Waals surface area contributed by atoms with Crippen LogP contribution in [-0.4, -0.2) is 61.2 Å². The quantitative estimate of drug-likeness (QED) is 0.808. The van der Waals surface area contributed by atoms with E-state index in [0.29, 0.717) is 6.04 Å². The molecule has 0 radical (unpaired) electrons. The first-order chi connectivity index (χ1) is 8.74. The summed E-state index contributed by atoms with van der Waals surface area (Å²) in [4.78, 5) is 5.46. The van der Waals surface area contributed by atoms with E-state index in [9.17, 15) is 0 Å². The minimum Gasteiger partial charge on any atom is -0.316 e. The summed E-state index contributed by atoms with van der Waals surface area (Å²) >= 11 is 0.